The van der Waals surface area contributed by atoms with Crippen molar-refractivity contribution in [3.8, 4) is 0 Å². The van der Waals surface area contributed by atoms with E-state index in [-0.39, 0.29) is 16.7 Å². The summed E-state index contributed by atoms with van der Waals surface area (Å²) in [6, 6.07) is 1.06. The Morgan fingerprint density at radius 3 is 1.71 bits per heavy atom. The summed E-state index contributed by atoms with van der Waals surface area (Å²) in [5, 5.41) is 26.8. The SMILES string of the molecule is Cc1cc(C(=O)O)c(C(=O)O)c(C)c1C(=O)O. The second kappa shape index (κ2) is 4.25. The molecule has 0 heterocycles. The van der Waals surface area contributed by atoms with E-state index in [1.165, 1.54) is 13.8 Å². The third kappa shape index (κ3) is 2.10. The number of aryl methyl sites for hydroxylation is 1. The molecule has 1 aromatic rings. The highest BCUT2D eigenvalue weighted by Crippen LogP contribution is 2.23. The first kappa shape index (κ1) is 12.7. The molecule has 0 amide bonds. The zero-order chi connectivity index (χ0) is 13.3. The Labute approximate surface area is 96.1 Å². The number of rotatable bonds is 3. The average Bonchev–Trinajstić information content (AvgIpc) is 2.14. The number of benzene rings is 1. The maximum absolute atomic E-state index is 11.0. The highest BCUT2D eigenvalue weighted by molar-refractivity contribution is 6.06. The largest absolute Gasteiger partial charge is 0.478 e. The lowest BCUT2D eigenvalue weighted by Gasteiger charge is -2.11. The van der Waals surface area contributed by atoms with Gasteiger partial charge in [-0.1, -0.05) is 0 Å². The molecule has 17 heavy (non-hydrogen) atoms. The molecule has 0 bridgehead atoms. The fraction of sp³-hybridized carbons (Fsp3) is 0.182. The zero-order valence-electron chi connectivity index (χ0n) is 9.14. The van der Waals surface area contributed by atoms with Crippen LogP contribution in [0, 0.1) is 13.8 Å². The molecule has 0 radical (unpaired) electrons. The van der Waals surface area contributed by atoms with Gasteiger partial charge in [0.2, 0.25) is 0 Å². The van der Waals surface area contributed by atoms with E-state index in [1.54, 1.807) is 0 Å². The van der Waals surface area contributed by atoms with Crippen molar-refractivity contribution in [2.75, 3.05) is 0 Å². The van der Waals surface area contributed by atoms with Crippen molar-refractivity contribution in [1.82, 2.24) is 0 Å². The Hall–Kier alpha value is -2.37. The Kier molecular flexibility index (Phi) is 3.17. The number of hydrogen-bond donors (Lipinski definition) is 3. The molecule has 0 aromatic heterocycles. The van der Waals surface area contributed by atoms with Gasteiger partial charge in [0, 0.05) is 0 Å². The van der Waals surface area contributed by atoms with Crippen LogP contribution in [-0.4, -0.2) is 33.2 Å². The molecule has 1 aromatic carbocycles. The van der Waals surface area contributed by atoms with E-state index >= 15 is 0 Å². The number of carboxylic acid groups (broad SMARTS) is 3. The quantitative estimate of drug-likeness (QED) is 0.733. The van der Waals surface area contributed by atoms with Crippen molar-refractivity contribution in [1.29, 1.82) is 0 Å². The predicted molar refractivity (Wildman–Crippen MR) is 56.8 cm³/mol. The van der Waals surface area contributed by atoms with Crippen LogP contribution in [-0.2, 0) is 0 Å². The highest BCUT2D eigenvalue weighted by Gasteiger charge is 2.24. The maximum Gasteiger partial charge on any atom is 0.336 e. The van der Waals surface area contributed by atoms with Crippen molar-refractivity contribution in [2.45, 2.75) is 13.8 Å². The van der Waals surface area contributed by atoms with Crippen LogP contribution in [0.15, 0.2) is 6.07 Å². The van der Waals surface area contributed by atoms with E-state index in [1.807, 2.05) is 0 Å². The van der Waals surface area contributed by atoms with E-state index in [0.29, 0.717) is 0 Å². The summed E-state index contributed by atoms with van der Waals surface area (Å²) in [4.78, 5) is 32.8. The van der Waals surface area contributed by atoms with E-state index in [4.69, 9.17) is 15.3 Å². The smallest absolute Gasteiger partial charge is 0.336 e. The molecule has 1 rings (SSSR count). The summed E-state index contributed by atoms with van der Waals surface area (Å²) in [5.41, 5.74) is -0.898. The van der Waals surface area contributed by atoms with E-state index in [2.05, 4.69) is 0 Å². The van der Waals surface area contributed by atoms with Gasteiger partial charge in [-0.3, -0.25) is 0 Å². The summed E-state index contributed by atoms with van der Waals surface area (Å²) in [7, 11) is 0. The van der Waals surface area contributed by atoms with Gasteiger partial charge in [-0.05, 0) is 31.0 Å². The number of carbonyl (C=O) groups is 3. The lowest BCUT2D eigenvalue weighted by atomic mass is 9.93. The van der Waals surface area contributed by atoms with Gasteiger partial charge in [0.1, 0.15) is 0 Å². The van der Waals surface area contributed by atoms with Gasteiger partial charge in [0.15, 0.2) is 0 Å². The van der Waals surface area contributed by atoms with Crippen LogP contribution in [0.1, 0.15) is 42.2 Å². The number of carboxylic acids is 3. The average molecular weight is 238 g/mol. The minimum absolute atomic E-state index is 0.0533. The van der Waals surface area contributed by atoms with Crippen LogP contribution in [0.5, 0.6) is 0 Å². The van der Waals surface area contributed by atoms with Gasteiger partial charge in [0.05, 0.1) is 16.7 Å². The molecular weight excluding hydrogens is 228 g/mol. The standard InChI is InChI=1S/C11H10O6/c1-4-3-6(9(12)13)8(11(16)17)5(2)7(4)10(14)15/h3H,1-2H3,(H,12,13)(H,14,15)(H,16,17). The fourth-order valence-corrected chi connectivity index (χ4v) is 1.76. The van der Waals surface area contributed by atoms with Gasteiger partial charge >= 0.3 is 17.9 Å². The molecule has 6 heteroatoms. The van der Waals surface area contributed by atoms with Crippen LogP contribution in [0.4, 0.5) is 0 Å². The van der Waals surface area contributed by atoms with Gasteiger partial charge in [-0.15, -0.1) is 0 Å². The zero-order valence-corrected chi connectivity index (χ0v) is 9.14. The van der Waals surface area contributed by atoms with Crippen molar-refractivity contribution in [2.24, 2.45) is 0 Å². The van der Waals surface area contributed by atoms with E-state index in [0.717, 1.165) is 6.07 Å². The number of aromatic carboxylic acids is 3. The first-order valence-electron chi connectivity index (χ1n) is 4.61. The van der Waals surface area contributed by atoms with Crippen molar-refractivity contribution in [3.05, 3.63) is 33.9 Å². The fourth-order valence-electron chi connectivity index (χ4n) is 1.76. The Morgan fingerprint density at radius 2 is 1.35 bits per heavy atom. The molecule has 0 aliphatic rings. The maximum atomic E-state index is 11.0. The van der Waals surface area contributed by atoms with Crippen molar-refractivity contribution >= 4 is 17.9 Å². The Morgan fingerprint density at radius 1 is 0.882 bits per heavy atom. The van der Waals surface area contributed by atoms with Crippen LogP contribution in [0.25, 0.3) is 0 Å². The minimum Gasteiger partial charge on any atom is -0.478 e. The van der Waals surface area contributed by atoms with Crippen LogP contribution < -0.4 is 0 Å². The molecule has 0 aliphatic heterocycles. The molecule has 0 saturated carbocycles. The summed E-state index contributed by atoms with van der Waals surface area (Å²) in [6.07, 6.45) is 0. The molecule has 0 unspecified atom stereocenters. The molecule has 0 fully saturated rings. The first-order chi connectivity index (χ1) is 7.77. The topological polar surface area (TPSA) is 112 Å². The summed E-state index contributed by atoms with van der Waals surface area (Å²) in [5.74, 6) is -4.13. The van der Waals surface area contributed by atoms with Crippen LogP contribution >= 0.6 is 0 Å². The minimum atomic E-state index is -1.46. The van der Waals surface area contributed by atoms with Crippen LogP contribution in [0.3, 0.4) is 0 Å². The lowest BCUT2D eigenvalue weighted by molar-refractivity contribution is 0.0648. The Bertz CT molecular complexity index is 529. The number of hydrogen-bond acceptors (Lipinski definition) is 3. The summed E-state index contributed by atoms with van der Waals surface area (Å²) >= 11 is 0. The van der Waals surface area contributed by atoms with Crippen molar-refractivity contribution in [3.63, 3.8) is 0 Å². The second-order valence-corrected chi connectivity index (χ2v) is 3.53. The monoisotopic (exact) mass is 238 g/mol. The van der Waals surface area contributed by atoms with Crippen LogP contribution in [0.2, 0.25) is 0 Å². The van der Waals surface area contributed by atoms with Gasteiger partial charge in [-0.25, -0.2) is 14.4 Å². The molecule has 0 atom stereocenters. The second-order valence-electron chi connectivity index (χ2n) is 3.53. The van der Waals surface area contributed by atoms with Gasteiger partial charge in [0.25, 0.3) is 0 Å². The lowest BCUT2D eigenvalue weighted by Crippen LogP contribution is -2.15. The normalized spacial score (nSPS) is 10.0. The predicted octanol–water partition coefficient (Wildman–Crippen LogP) is 1.40. The Balaban J connectivity index is 3.76. The molecule has 0 saturated heterocycles. The molecule has 6 nitrogen and oxygen atoms in total. The molecule has 90 valence electrons. The van der Waals surface area contributed by atoms with E-state index < -0.39 is 29.0 Å². The molecular formula is C11H10O6. The highest BCUT2D eigenvalue weighted by atomic mass is 16.4. The van der Waals surface area contributed by atoms with Gasteiger partial charge in [-0.2, -0.15) is 0 Å². The van der Waals surface area contributed by atoms with E-state index in [9.17, 15) is 14.4 Å². The summed E-state index contributed by atoms with van der Waals surface area (Å²) < 4.78 is 0. The van der Waals surface area contributed by atoms with Crippen molar-refractivity contribution < 1.29 is 29.7 Å². The molecule has 0 spiro atoms. The summed E-state index contributed by atoms with van der Waals surface area (Å²) in [6.45, 7) is 2.71. The van der Waals surface area contributed by atoms with Gasteiger partial charge < -0.3 is 15.3 Å². The third-order valence-electron chi connectivity index (χ3n) is 2.43. The third-order valence-corrected chi connectivity index (χ3v) is 2.43. The first-order valence-corrected chi connectivity index (χ1v) is 4.61. The molecule has 3 N–H and O–H groups in total. The molecule has 0 aliphatic carbocycles.